The third kappa shape index (κ3) is 4.24. The molecule has 1 heterocycles. The highest BCUT2D eigenvalue weighted by Crippen LogP contribution is 2.36. The van der Waals surface area contributed by atoms with E-state index in [4.69, 9.17) is 32.7 Å². The molecule has 0 unspecified atom stereocenters. The van der Waals surface area contributed by atoms with Crippen molar-refractivity contribution in [1.82, 2.24) is 4.90 Å². The van der Waals surface area contributed by atoms with Gasteiger partial charge in [0.2, 0.25) is 0 Å². The average molecular weight is 424 g/mol. The SMILES string of the molecule is COc1ccc(OC)c(/C=C2/SC(=O)N(Cc3ccc(Cl)cc3Cl)C2=O)c1. The van der Waals surface area contributed by atoms with Crippen LogP contribution in [0, 0.1) is 0 Å². The quantitative estimate of drug-likeness (QED) is 0.614. The van der Waals surface area contributed by atoms with E-state index in [1.807, 2.05) is 0 Å². The van der Waals surface area contributed by atoms with E-state index in [1.54, 1.807) is 49.6 Å². The van der Waals surface area contributed by atoms with Crippen LogP contribution < -0.4 is 9.47 Å². The largest absolute Gasteiger partial charge is 0.497 e. The summed E-state index contributed by atoms with van der Waals surface area (Å²) in [5.74, 6) is 0.804. The number of thioether (sulfide) groups is 1. The van der Waals surface area contributed by atoms with E-state index in [1.165, 1.54) is 7.11 Å². The maximum atomic E-state index is 12.7. The van der Waals surface area contributed by atoms with Gasteiger partial charge >= 0.3 is 0 Å². The van der Waals surface area contributed by atoms with Crippen molar-refractivity contribution < 1.29 is 19.1 Å². The van der Waals surface area contributed by atoms with Crippen molar-refractivity contribution in [1.29, 1.82) is 0 Å². The predicted molar refractivity (Wildman–Crippen MR) is 108 cm³/mol. The fraction of sp³-hybridized carbons (Fsp3) is 0.158. The molecule has 140 valence electrons. The molecule has 27 heavy (non-hydrogen) atoms. The lowest BCUT2D eigenvalue weighted by Gasteiger charge is -2.13. The number of hydrogen-bond donors (Lipinski definition) is 0. The number of carbonyl (C=O) groups is 2. The molecule has 5 nitrogen and oxygen atoms in total. The molecule has 2 aromatic rings. The van der Waals surface area contributed by atoms with Crippen molar-refractivity contribution in [2.24, 2.45) is 0 Å². The van der Waals surface area contributed by atoms with E-state index in [9.17, 15) is 9.59 Å². The van der Waals surface area contributed by atoms with E-state index >= 15 is 0 Å². The minimum Gasteiger partial charge on any atom is -0.497 e. The van der Waals surface area contributed by atoms with Gasteiger partial charge in [-0.05, 0) is 53.7 Å². The van der Waals surface area contributed by atoms with Gasteiger partial charge in [-0.15, -0.1) is 0 Å². The minimum atomic E-state index is -0.388. The summed E-state index contributed by atoms with van der Waals surface area (Å²) in [6, 6.07) is 10.2. The third-order valence-electron chi connectivity index (χ3n) is 3.94. The summed E-state index contributed by atoms with van der Waals surface area (Å²) in [6.45, 7) is 0.0766. The van der Waals surface area contributed by atoms with E-state index in [0.29, 0.717) is 37.6 Å². The maximum Gasteiger partial charge on any atom is 0.293 e. The van der Waals surface area contributed by atoms with Crippen molar-refractivity contribution in [3.05, 3.63) is 62.5 Å². The Labute approximate surface area is 170 Å². The van der Waals surface area contributed by atoms with Gasteiger partial charge in [0.1, 0.15) is 11.5 Å². The first kappa shape index (κ1) is 19.6. The van der Waals surface area contributed by atoms with Crippen LogP contribution >= 0.6 is 35.0 Å². The Bertz CT molecular complexity index is 945. The molecule has 0 aliphatic carbocycles. The summed E-state index contributed by atoms with van der Waals surface area (Å²) in [6.07, 6.45) is 1.62. The second-order valence-corrected chi connectivity index (χ2v) is 7.45. The molecule has 1 saturated heterocycles. The van der Waals surface area contributed by atoms with Crippen LogP contribution in [-0.4, -0.2) is 30.3 Å². The number of benzene rings is 2. The highest BCUT2D eigenvalue weighted by atomic mass is 35.5. The Morgan fingerprint density at radius 1 is 1.07 bits per heavy atom. The molecule has 0 saturated carbocycles. The first-order chi connectivity index (χ1) is 12.9. The van der Waals surface area contributed by atoms with Gasteiger partial charge in [-0.2, -0.15) is 0 Å². The van der Waals surface area contributed by atoms with Crippen molar-refractivity contribution in [2.45, 2.75) is 6.54 Å². The Morgan fingerprint density at radius 2 is 1.85 bits per heavy atom. The number of ether oxygens (including phenoxy) is 2. The molecule has 2 amide bonds. The van der Waals surface area contributed by atoms with Crippen LogP contribution in [0.3, 0.4) is 0 Å². The van der Waals surface area contributed by atoms with Crippen molar-refractivity contribution in [3.8, 4) is 11.5 Å². The number of amides is 2. The maximum absolute atomic E-state index is 12.7. The summed E-state index contributed by atoms with van der Waals surface area (Å²) >= 11 is 12.9. The highest BCUT2D eigenvalue weighted by Gasteiger charge is 2.35. The first-order valence-corrected chi connectivity index (χ1v) is 9.41. The Morgan fingerprint density at radius 3 is 2.52 bits per heavy atom. The summed E-state index contributed by atoms with van der Waals surface area (Å²) in [7, 11) is 3.09. The van der Waals surface area contributed by atoms with E-state index in [0.717, 1.165) is 16.7 Å². The molecule has 0 bridgehead atoms. The fourth-order valence-electron chi connectivity index (χ4n) is 2.55. The normalized spacial score (nSPS) is 15.6. The second kappa shape index (κ2) is 8.25. The van der Waals surface area contributed by atoms with Gasteiger partial charge < -0.3 is 9.47 Å². The fourth-order valence-corrected chi connectivity index (χ4v) is 3.85. The summed E-state index contributed by atoms with van der Waals surface area (Å²) in [5, 5.41) is 0.530. The lowest BCUT2D eigenvalue weighted by atomic mass is 10.1. The topological polar surface area (TPSA) is 55.8 Å². The van der Waals surface area contributed by atoms with Crippen LogP contribution in [0.15, 0.2) is 41.3 Å². The smallest absolute Gasteiger partial charge is 0.293 e. The third-order valence-corrected chi connectivity index (χ3v) is 5.43. The van der Waals surface area contributed by atoms with Gasteiger partial charge in [-0.25, -0.2) is 0 Å². The van der Waals surface area contributed by atoms with Gasteiger partial charge in [0.15, 0.2) is 0 Å². The number of hydrogen-bond acceptors (Lipinski definition) is 5. The molecule has 0 aromatic heterocycles. The van der Waals surface area contributed by atoms with Crippen LogP contribution in [0.2, 0.25) is 10.0 Å². The molecule has 1 aliphatic rings. The lowest BCUT2D eigenvalue weighted by molar-refractivity contribution is -0.123. The van der Waals surface area contributed by atoms with Gasteiger partial charge in [-0.3, -0.25) is 14.5 Å². The monoisotopic (exact) mass is 423 g/mol. The Hall–Kier alpha value is -2.15. The minimum absolute atomic E-state index is 0.0766. The van der Waals surface area contributed by atoms with Crippen LogP contribution in [-0.2, 0) is 11.3 Å². The molecular weight excluding hydrogens is 409 g/mol. The first-order valence-electron chi connectivity index (χ1n) is 7.84. The molecule has 1 aliphatic heterocycles. The number of halogens is 2. The zero-order chi connectivity index (χ0) is 19.6. The van der Waals surface area contributed by atoms with Crippen LogP contribution in [0.1, 0.15) is 11.1 Å². The molecule has 0 atom stereocenters. The predicted octanol–water partition coefficient (Wildman–Crippen LogP) is 5.25. The summed E-state index contributed by atoms with van der Waals surface area (Å²) in [4.78, 5) is 26.5. The van der Waals surface area contributed by atoms with Gasteiger partial charge in [0, 0.05) is 15.6 Å². The van der Waals surface area contributed by atoms with Crippen molar-refractivity contribution in [2.75, 3.05) is 14.2 Å². The molecule has 0 N–H and O–H groups in total. The summed E-state index contributed by atoms with van der Waals surface area (Å²) in [5.41, 5.74) is 1.29. The van der Waals surface area contributed by atoms with Gasteiger partial charge in [-0.1, -0.05) is 29.3 Å². The number of nitrogens with zero attached hydrogens (tertiary/aromatic N) is 1. The molecule has 3 rings (SSSR count). The molecular formula is C19H15Cl2NO4S. The van der Waals surface area contributed by atoms with Crippen molar-refractivity contribution >= 4 is 52.2 Å². The lowest BCUT2D eigenvalue weighted by Crippen LogP contribution is -2.27. The highest BCUT2D eigenvalue weighted by molar-refractivity contribution is 8.18. The van der Waals surface area contributed by atoms with E-state index in [-0.39, 0.29) is 17.7 Å². The molecule has 0 spiro atoms. The Kier molecular flexibility index (Phi) is 5.99. The number of methoxy groups -OCH3 is 2. The molecule has 0 radical (unpaired) electrons. The van der Waals surface area contributed by atoms with Gasteiger partial charge in [0.05, 0.1) is 25.7 Å². The van der Waals surface area contributed by atoms with Gasteiger partial charge in [0.25, 0.3) is 11.1 Å². The average Bonchev–Trinajstić information content (AvgIpc) is 2.91. The molecule has 8 heteroatoms. The zero-order valence-corrected chi connectivity index (χ0v) is 16.8. The molecule has 1 fully saturated rings. The van der Waals surface area contributed by atoms with Crippen LogP contribution in [0.5, 0.6) is 11.5 Å². The standard InChI is InChI=1S/C19H15Cl2NO4S/c1-25-14-5-6-16(26-2)12(7-14)8-17-18(23)22(19(24)27-17)10-11-3-4-13(20)9-15(11)21/h3-9H,10H2,1-2H3/b17-8+. The summed E-state index contributed by atoms with van der Waals surface area (Å²) < 4.78 is 10.5. The zero-order valence-electron chi connectivity index (χ0n) is 14.5. The van der Waals surface area contributed by atoms with E-state index in [2.05, 4.69) is 0 Å². The number of imide groups is 1. The Balaban J connectivity index is 1.89. The van der Waals surface area contributed by atoms with E-state index < -0.39 is 0 Å². The van der Waals surface area contributed by atoms with Crippen LogP contribution in [0.25, 0.3) is 6.08 Å². The van der Waals surface area contributed by atoms with Crippen LogP contribution in [0.4, 0.5) is 4.79 Å². The number of rotatable bonds is 5. The van der Waals surface area contributed by atoms with Crippen molar-refractivity contribution in [3.63, 3.8) is 0 Å². The second-order valence-electron chi connectivity index (χ2n) is 5.61. The molecule has 2 aromatic carbocycles. The number of carbonyl (C=O) groups excluding carboxylic acids is 2.